The van der Waals surface area contributed by atoms with Gasteiger partial charge < -0.3 is 14.2 Å². The Morgan fingerprint density at radius 1 is 1.10 bits per heavy atom. The maximum atomic E-state index is 12.9. The lowest BCUT2D eigenvalue weighted by Gasteiger charge is -2.22. The van der Waals surface area contributed by atoms with E-state index in [1.54, 1.807) is 32.4 Å². The van der Waals surface area contributed by atoms with E-state index in [-0.39, 0.29) is 11.4 Å². The molecule has 0 bridgehead atoms. The summed E-state index contributed by atoms with van der Waals surface area (Å²) in [6, 6.07) is 10.7. The molecule has 0 saturated carbocycles. The molecule has 0 aromatic heterocycles. The fourth-order valence-corrected chi connectivity index (χ4v) is 5.16. The van der Waals surface area contributed by atoms with Gasteiger partial charge >= 0.3 is 0 Å². The summed E-state index contributed by atoms with van der Waals surface area (Å²) < 4.78 is 43.2. The van der Waals surface area contributed by atoms with Gasteiger partial charge in [-0.05, 0) is 54.8 Å². The van der Waals surface area contributed by atoms with Gasteiger partial charge in [-0.1, -0.05) is 0 Å². The number of ether oxygens (including phenoxy) is 3. The Labute approximate surface area is 181 Å². The zero-order chi connectivity index (χ0) is 22.4. The number of hydrogen-bond donors (Lipinski definition) is 2. The first kappa shape index (κ1) is 22.9. The van der Waals surface area contributed by atoms with Gasteiger partial charge in [0.05, 0.1) is 25.7 Å². The minimum Gasteiger partial charge on any atom is -0.497 e. The summed E-state index contributed by atoms with van der Waals surface area (Å²) in [7, 11) is -0.684. The maximum Gasteiger partial charge on any atom is 0.261 e. The molecule has 31 heavy (non-hydrogen) atoms. The fourth-order valence-electron chi connectivity index (χ4n) is 3.51. The van der Waals surface area contributed by atoms with E-state index < -0.39 is 22.0 Å². The first-order valence-electron chi connectivity index (χ1n) is 9.79. The Morgan fingerprint density at radius 3 is 2.32 bits per heavy atom. The molecule has 1 aliphatic heterocycles. The summed E-state index contributed by atoms with van der Waals surface area (Å²) in [6.07, 6.45) is 1.52. The van der Waals surface area contributed by atoms with E-state index in [1.807, 2.05) is 12.1 Å². The SMILES string of the molecule is COc1cc(CCOc2ccc(S(=O)(=O)N3CCC[C@@H]3C(=O)NO)cc2)cc(OC)c1. The van der Waals surface area contributed by atoms with Gasteiger partial charge in [0, 0.05) is 19.0 Å². The first-order chi connectivity index (χ1) is 14.9. The van der Waals surface area contributed by atoms with Gasteiger partial charge in [-0.25, -0.2) is 13.9 Å². The van der Waals surface area contributed by atoms with Crippen molar-refractivity contribution in [1.29, 1.82) is 0 Å². The maximum absolute atomic E-state index is 12.9. The van der Waals surface area contributed by atoms with Crippen LogP contribution in [0.2, 0.25) is 0 Å². The second kappa shape index (κ2) is 9.99. The number of sulfonamides is 1. The van der Waals surface area contributed by atoms with Crippen LogP contribution < -0.4 is 19.7 Å². The second-order valence-electron chi connectivity index (χ2n) is 7.04. The zero-order valence-electron chi connectivity index (χ0n) is 17.4. The van der Waals surface area contributed by atoms with Crippen LogP contribution in [0.25, 0.3) is 0 Å². The van der Waals surface area contributed by atoms with Crippen LogP contribution in [0.3, 0.4) is 0 Å². The van der Waals surface area contributed by atoms with E-state index in [4.69, 9.17) is 19.4 Å². The Morgan fingerprint density at radius 2 is 1.74 bits per heavy atom. The molecule has 0 spiro atoms. The lowest BCUT2D eigenvalue weighted by molar-refractivity contribution is -0.132. The molecular formula is C21H26N2O7S. The number of hydroxylamine groups is 1. The van der Waals surface area contributed by atoms with E-state index in [9.17, 15) is 13.2 Å². The molecule has 0 radical (unpaired) electrons. The van der Waals surface area contributed by atoms with Crippen molar-refractivity contribution in [2.45, 2.75) is 30.2 Å². The molecular weight excluding hydrogens is 424 g/mol. The number of rotatable bonds is 9. The number of carbonyl (C=O) groups is 1. The molecule has 1 atom stereocenters. The third-order valence-corrected chi connectivity index (χ3v) is 7.04. The molecule has 10 heteroatoms. The van der Waals surface area contributed by atoms with Crippen LogP contribution in [0.15, 0.2) is 47.4 Å². The highest BCUT2D eigenvalue weighted by Crippen LogP contribution is 2.27. The average molecular weight is 451 g/mol. The minimum absolute atomic E-state index is 0.0648. The van der Waals surface area contributed by atoms with Crippen LogP contribution in [0.5, 0.6) is 17.2 Å². The molecule has 1 fully saturated rings. The molecule has 168 valence electrons. The smallest absolute Gasteiger partial charge is 0.261 e. The van der Waals surface area contributed by atoms with Gasteiger partial charge in [0.15, 0.2) is 0 Å². The topological polar surface area (TPSA) is 114 Å². The van der Waals surface area contributed by atoms with Crippen LogP contribution >= 0.6 is 0 Å². The summed E-state index contributed by atoms with van der Waals surface area (Å²) in [5.74, 6) is 1.19. The fraction of sp³-hybridized carbons (Fsp3) is 0.381. The predicted molar refractivity (Wildman–Crippen MR) is 112 cm³/mol. The van der Waals surface area contributed by atoms with Gasteiger partial charge in [-0.15, -0.1) is 0 Å². The molecule has 0 aliphatic carbocycles. The van der Waals surface area contributed by atoms with Crippen molar-refractivity contribution >= 4 is 15.9 Å². The Kier molecular flexibility index (Phi) is 7.37. The van der Waals surface area contributed by atoms with E-state index in [2.05, 4.69) is 0 Å². The average Bonchev–Trinajstić information content (AvgIpc) is 3.29. The number of benzene rings is 2. The lowest BCUT2D eigenvalue weighted by Crippen LogP contribution is -2.44. The molecule has 3 rings (SSSR count). The van der Waals surface area contributed by atoms with Crippen molar-refractivity contribution in [2.24, 2.45) is 0 Å². The normalized spacial score (nSPS) is 16.7. The standard InChI is InChI=1S/C21H26N2O7S/c1-28-17-12-15(13-18(14-17)29-2)9-11-30-16-5-7-19(8-6-16)31(26,27)23-10-3-4-20(23)21(24)22-25/h5-8,12-14,20,25H,3-4,9-11H2,1-2H3,(H,22,24)/t20-/m1/s1. The summed E-state index contributed by atoms with van der Waals surface area (Å²) in [6.45, 7) is 0.607. The van der Waals surface area contributed by atoms with Crippen LogP contribution in [0.1, 0.15) is 18.4 Å². The number of hydrogen-bond acceptors (Lipinski definition) is 7. The van der Waals surface area contributed by atoms with Gasteiger partial charge in [0.25, 0.3) is 5.91 Å². The molecule has 1 heterocycles. The Hall–Kier alpha value is -2.82. The van der Waals surface area contributed by atoms with E-state index in [0.717, 1.165) is 9.87 Å². The van der Waals surface area contributed by atoms with Gasteiger partial charge in [0.1, 0.15) is 23.3 Å². The van der Waals surface area contributed by atoms with Gasteiger partial charge in [0.2, 0.25) is 10.0 Å². The highest BCUT2D eigenvalue weighted by Gasteiger charge is 2.39. The van der Waals surface area contributed by atoms with Gasteiger partial charge in [-0.2, -0.15) is 4.31 Å². The largest absolute Gasteiger partial charge is 0.497 e. The van der Waals surface area contributed by atoms with E-state index in [1.165, 1.54) is 17.6 Å². The van der Waals surface area contributed by atoms with Crippen LogP contribution in [-0.4, -0.2) is 57.3 Å². The van der Waals surface area contributed by atoms with Crippen molar-refractivity contribution in [2.75, 3.05) is 27.4 Å². The summed E-state index contributed by atoms with van der Waals surface area (Å²) in [5, 5.41) is 8.86. The molecule has 9 nitrogen and oxygen atoms in total. The highest BCUT2D eigenvalue weighted by atomic mass is 32.2. The molecule has 1 aliphatic rings. The first-order valence-corrected chi connectivity index (χ1v) is 11.2. The molecule has 1 saturated heterocycles. The monoisotopic (exact) mass is 450 g/mol. The molecule has 0 unspecified atom stereocenters. The Balaban J connectivity index is 1.63. The number of nitrogens with one attached hydrogen (secondary N) is 1. The summed E-state index contributed by atoms with van der Waals surface area (Å²) in [5.41, 5.74) is 2.52. The van der Waals surface area contributed by atoms with Crippen molar-refractivity contribution < 1.29 is 32.6 Å². The summed E-state index contributed by atoms with van der Waals surface area (Å²) in [4.78, 5) is 11.8. The quantitative estimate of drug-likeness (QED) is 0.443. The van der Waals surface area contributed by atoms with E-state index in [0.29, 0.717) is 43.1 Å². The zero-order valence-corrected chi connectivity index (χ0v) is 18.2. The molecule has 2 N–H and O–H groups in total. The van der Waals surface area contributed by atoms with E-state index >= 15 is 0 Å². The summed E-state index contributed by atoms with van der Waals surface area (Å²) >= 11 is 0. The predicted octanol–water partition coefficient (Wildman–Crippen LogP) is 1.98. The third kappa shape index (κ3) is 5.27. The second-order valence-corrected chi connectivity index (χ2v) is 8.93. The number of nitrogens with zero attached hydrogens (tertiary/aromatic N) is 1. The van der Waals surface area contributed by atoms with Crippen molar-refractivity contribution in [3.8, 4) is 17.2 Å². The highest BCUT2D eigenvalue weighted by molar-refractivity contribution is 7.89. The van der Waals surface area contributed by atoms with Crippen molar-refractivity contribution in [3.05, 3.63) is 48.0 Å². The molecule has 1 amide bonds. The van der Waals surface area contributed by atoms with Crippen LogP contribution in [0, 0.1) is 0 Å². The third-order valence-electron chi connectivity index (χ3n) is 5.12. The Bertz CT molecular complexity index is 987. The molecule has 2 aromatic rings. The van der Waals surface area contributed by atoms with Crippen LogP contribution in [-0.2, 0) is 21.2 Å². The number of carbonyl (C=O) groups excluding carboxylic acids is 1. The lowest BCUT2D eigenvalue weighted by atomic mass is 10.1. The number of methoxy groups -OCH3 is 2. The van der Waals surface area contributed by atoms with Crippen molar-refractivity contribution in [3.63, 3.8) is 0 Å². The molecule has 2 aromatic carbocycles. The minimum atomic E-state index is -3.86. The number of amides is 1. The van der Waals surface area contributed by atoms with Gasteiger partial charge in [-0.3, -0.25) is 10.0 Å². The van der Waals surface area contributed by atoms with Crippen LogP contribution in [0.4, 0.5) is 0 Å². The van der Waals surface area contributed by atoms with Crippen molar-refractivity contribution in [1.82, 2.24) is 9.79 Å².